The van der Waals surface area contributed by atoms with Crippen LogP contribution in [0.1, 0.15) is 12.8 Å². The van der Waals surface area contributed by atoms with Crippen molar-refractivity contribution in [3.05, 3.63) is 24.1 Å². The number of nitrogen functional groups attached to an aromatic ring is 1. The van der Waals surface area contributed by atoms with Gasteiger partial charge in [-0.15, -0.1) is 0 Å². The summed E-state index contributed by atoms with van der Waals surface area (Å²) in [6, 6.07) is 5.38. The molecule has 1 aromatic carbocycles. The van der Waals surface area contributed by atoms with Crippen LogP contribution in [0.15, 0.2) is 22.6 Å². The van der Waals surface area contributed by atoms with Crippen LogP contribution in [-0.2, 0) is 16.6 Å². The minimum atomic E-state index is -0.908. The highest BCUT2D eigenvalue weighted by Gasteiger charge is 2.09. The summed E-state index contributed by atoms with van der Waals surface area (Å²) < 4.78 is 16.8. The van der Waals surface area contributed by atoms with E-state index in [1.807, 2.05) is 13.0 Å². The number of anilines is 1. The molecule has 1 atom stereocenters. The molecule has 0 spiro atoms. The van der Waals surface area contributed by atoms with Crippen molar-refractivity contribution in [2.75, 3.05) is 11.5 Å². The first-order valence-electron chi connectivity index (χ1n) is 4.69. The molecule has 0 radical (unpaired) electrons. The lowest BCUT2D eigenvalue weighted by Crippen LogP contribution is -1.97. The van der Waals surface area contributed by atoms with Crippen LogP contribution < -0.4 is 5.73 Å². The molecular formula is C10H12N2O2S. The number of rotatable bonds is 3. The lowest BCUT2D eigenvalue weighted by atomic mass is 10.3. The fourth-order valence-electron chi connectivity index (χ4n) is 1.32. The maximum absolute atomic E-state index is 11.3. The molecule has 0 bridgehead atoms. The van der Waals surface area contributed by atoms with Crippen molar-refractivity contribution in [3.8, 4) is 0 Å². The zero-order valence-electron chi connectivity index (χ0n) is 8.40. The Morgan fingerprint density at radius 2 is 2.33 bits per heavy atom. The number of fused-ring (bicyclic) bond motifs is 1. The molecule has 0 saturated heterocycles. The van der Waals surface area contributed by atoms with Crippen LogP contribution in [0.2, 0.25) is 0 Å². The first-order valence-corrected chi connectivity index (χ1v) is 6.18. The van der Waals surface area contributed by atoms with Gasteiger partial charge in [-0.05, 0) is 12.1 Å². The normalized spacial score (nSPS) is 13.1. The molecule has 5 heteroatoms. The first kappa shape index (κ1) is 10.2. The molecule has 0 fully saturated rings. The molecule has 0 amide bonds. The van der Waals surface area contributed by atoms with Crippen molar-refractivity contribution in [2.45, 2.75) is 12.7 Å². The third-order valence-electron chi connectivity index (χ3n) is 2.10. The fraction of sp³-hybridized carbons (Fsp3) is 0.300. The van der Waals surface area contributed by atoms with Crippen molar-refractivity contribution in [3.63, 3.8) is 0 Å². The van der Waals surface area contributed by atoms with Crippen molar-refractivity contribution >= 4 is 27.6 Å². The molecule has 2 N–H and O–H groups in total. The summed E-state index contributed by atoms with van der Waals surface area (Å²) in [5.74, 6) is 1.45. The highest BCUT2D eigenvalue weighted by Crippen LogP contribution is 2.21. The molecule has 0 aliphatic rings. The standard InChI is InChI=1S/C10H12N2O2S/c1-2-15(13)6-9-12-10-7(11)4-3-5-8(10)14-9/h3-5H,2,6,11H2,1H3. The lowest BCUT2D eigenvalue weighted by Gasteiger charge is -1.91. The minimum absolute atomic E-state index is 0.352. The monoisotopic (exact) mass is 224 g/mol. The van der Waals surface area contributed by atoms with E-state index < -0.39 is 10.8 Å². The van der Waals surface area contributed by atoms with Crippen LogP contribution in [0.3, 0.4) is 0 Å². The number of hydrogen-bond acceptors (Lipinski definition) is 4. The molecule has 4 nitrogen and oxygen atoms in total. The van der Waals surface area contributed by atoms with Crippen LogP contribution in [0, 0.1) is 0 Å². The lowest BCUT2D eigenvalue weighted by molar-refractivity contribution is 0.552. The first-order chi connectivity index (χ1) is 7.20. The third-order valence-corrected chi connectivity index (χ3v) is 3.31. The SMILES string of the molecule is CCS(=O)Cc1nc2c(N)cccc2o1. The quantitative estimate of drug-likeness (QED) is 0.805. The average Bonchev–Trinajstić information content (AvgIpc) is 2.62. The molecule has 0 saturated carbocycles. The molecule has 1 heterocycles. The minimum Gasteiger partial charge on any atom is -0.440 e. The van der Waals surface area contributed by atoms with Crippen LogP contribution >= 0.6 is 0 Å². The van der Waals surface area contributed by atoms with Gasteiger partial charge in [0.15, 0.2) is 5.58 Å². The zero-order valence-corrected chi connectivity index (χ0v) is 9.21. The summed E-state index contributed by atoms with van der Waals surface area (Å²) >= 11 is 0. The summed E-state index contributed by atoms with van der Waals surface area (Å²) in [6.45, 7) is 1.87. The predicted molar refractivity (Wildman–Crippen MR) is 60.8 cm³/mol. The molecule has 2 rings (SSSR count). The molecular weight excluding hydrogens is 212 g/mol. The van der Waals surface area contributed by atoms with Gasteiger partial charge in [-0.3, -0.25) is 4.21 Å². The molecule has 80 valence electrons. The van der Waals surface area contributed by atoms with Crippen molar-refractivity contribution in [1.82, 2.24) is 4.98 Å². The van der Waals surface area contributed by atoms with E-state index in [0.29, 0.717) is 34.2 Å². The molecule has 1 aromatic heterocycles. The van der Waals surface area contributed by atoms with E-state index in [-0.39, 0.29) is 0 Å². The largest absolute Gasteiger partial charge is 0.440 e. The number of para-hydroxylation sites is 1. The number of nitrogens with zero attached hydrogens (tertiary/aromatic N) is 1. The Morgan fingerprint density at radius 3 is 3.00 bits per heavy atom. The predicted octanol–water partition coefficient (Wildman–Crippen LogP) is 1.68. The van der Waals surface area contributed by atoms with E-state index >= 15 is 0 Å². The molecule has 2 aromatic rings. The summed E-state index contributed by atoms with van der Waals surface area (Å²) in [6.07, 6.45) is 0. The summed E-state index contributed by atoms with van der Waals surface area (Å²) in [7, 11) is -0.908. The molecule has 0 aliphatic carbocycles. The van der Waals surface area contributed by atoms with E-state index in [9.17, 15) is 4.21 Å². The van der Waals surface area contributed by atoms with Crippen molar-refractivity contribution < 1.29 is 8.63 Å². The maximum atomic E-state index is 11.3. The van der Waals surface area contributed by atoms with Gasteiger partial charge in [-0.2, -0.15) is 0 Å². The van der Waals surface area contributed by atoms with E-state index in [2.05, 4.69) is 4.98 Å². The summed E-state index contributed by atoms with van der Waals surface area (Å²) in [5, 5.41) is 0. The topological polar surface area (TPSA) is 69.1 Å². The summed E-state index contributed by atoms with van der Waals surface area (Å²) in [5.41, 5.74) is 7.63. The third kappa shape index (κ3) is 2.02. The smallest absolute Gasteiger partial charge is 0.208 e. The summed E-state index contributed by atoms with van der Waals surface area (Å²) in [4.78, 5) is 4.22. The molecule has 1 unspecified atom stereocenters. The van der Waals surface area contributed by atoms with E-state index in [4.69, 9.17) is 10.2 Å². The highest BCUT2D eigenvalue weighted by atomic mass is 32.2. The Kier molecular flexibility index (Phi) is 2.73. The Morgan fingerprint density at radius 1 is 1.53 bits per heavy atom. The Balaban J connectivity index is 2.39. The van der Waals surface area contributed by atoms with Gasteiger partial charge in [0.05, 0.1) is 5.69 Å². The van der Waals surface area contributed by atoms with E-state index in [1.54, 1.807) is 12.1 Å². The highest BCUT2D eigenvalue weighted by molar-refractivity contribution is 7.84. The van der Waals surface area contributed by atoms with Crippen LogP contribution in [0.5, 0.6) is 0 Å². The van der Waals surface area contributed by atoms with Gasteiger partial charge >= 0.3 is 0 Å². The average molecular weight is 224 g/mol. The number of oxazole rings is 1. The van der Waals surface area contributed by atoms with Gasteiger partial charge in [0.2, 0.25) is 5.89 Å². The van der Waals surface area contributed by atoms with Gasteiger partial charge < -0.3 is 10.2 Å². The second kappa shape index (κ2) is 4.02. The van der Waals surface area contributed by atoms with Gasteiger partial charge in [0.25, 0.3) is 0 Å². The van der Waals surface area contributed by atoms with Crippen LogP contribution in [0.25, 0.3) is 11.1 Å². The van der Waals surface area contributed by atoms with Gasteiger partial charge in [-0.1, -0.05) is 13.0 Å². The zero-order chi connectivity index (χ0) is 10.8. The van der Waals surface area contributed by atoms with Crippen LogP contribution in [0.4, 0.5) is 5.69 Å². The second-order valence-corrected chi connectivity index (χ2v) is 4.92. The Labute approximate surface area is 89.9 Å². The van der Waals surface area contributed by atoms with E-state index in [1.165, 1.54) is 0 Å². The van der Waals surface area contributed by atoms with Crippen molar-refractivity contribution in [2.24, 2.45) is 0 Å². The second-order valence-electron chi connectivity index (χ2n) is 3.17. The van der Waals surface area contributed by atoms with Crippen LogP contribution in [-0.4, -0.2) is 14.9 Å². The Bertz CT molecular complexity index is 507. The number of benzene rings is 1. The van der Waals surface area contributed by atoms with Gasteiger partial charge in [0.1, 0.15) is 11.3 Å². The number of hydrogen-bond donors (Lipinski definition) is 1. The fourth-order valence-corrected chi connectivity index (χ4v) is 1.92. The molecule has 0 aliphatic heterocycles. The number of aromatic nitrogens is 1. The maximum Gasteiger partial charge on any atom is 0.208 e. The Hall–Kier alpha value is -1.36. The van der Waals surface area contributed by atoms with Gasteiger partial charge in [0, 0.05) is 16.6 Å². The van der Waals surface area contributed by atoms with Crippen molar-refractivity contribution in [1.29, 1.82) is 0 Å². The molecule has 15 heavy (non-hydrogen) atoms. The van der Waals surface area contributed by atoms with Gasteiger partial charge in [-0.25, -0.2) is 4.98 Å². The van der Waals surface area contributed by atoms with E-state index in [0.717, 1.165) is 0 Å². The number of nitrogens with two attached hydrogens (primary N) is 1.